The fourth-order valence-corrected chi connectivity index (χ4v) is 3.85. The van der Waals surface area contributed by atoms with Crippen molar-refractivity contribution in [2.75, 3.05) is 13.1 Å². The lowest BCUT2D eigenvalue weighted by Gasteiger charge is -2.37. The van der Waals surface area contributed by atoms with E-state index in [-0.39, 0.29) is 17.9 Å². The standard InChI is InChI=1S/C24H30N2O3/c1-4-14-25-24(28)22(5-2)29-20-12-11-18-13-15-26(17(3)27)23(21(18)16-20)19-9-7-6-8-10-19/h6-12,16,22-23H,4-5,13-15H2,1-3H3,(H,25,28). The van der Waals surface area contributed by atoms with Gasteiger partial charge < -0.3 is 15.0 Å². The third-order valence-corrected chi connectivity index (χ3v) is 5.36. The van der Waals surface area contributed by atoms with Crippen LogP contribution in [0.2, 0.25) is 0 Å². The van der Waals surface area contributed by atoms with E-state index < -0.39 is 6.10 Å². The minimum absolute atomic E-state index is 0.0567. The Balaban J connectivity index is 1.92. The van der Waals surface area contributed by atoms with Crippen LogP contribution in [0, 0.1) is 0 Å². The van der Waals surface area contributed by atoms with Gasteiger partial charge in [-0.3, -0.25) is 9.59 Å². The smallest absolute Gasteiger partial charge is 0.261 e. The van der Waals surface area contributed by atoms with E-state index in [1.54, 1.807) is 6.92 Å². The van der Waals surface area contributed by atoms with Crippen LogP contribution in [0.5, 0.6) is 5.75 Å². The molecular weight excluding hydrogens is 364 g/mol. The quantitative estimate of drug-likeness (QED) is 0.776. The second kappa shape index (κ2) is 9.59. The molecule has 154 valence electrons. The van der Waals surface area contributed by atoms with Crippen molar-refractivity contribution in [3.05, 3.63) is 65.2 Å². The van der Waals surface area contributed by atoms with Gasteiger partial charge >= 0.3 is 0 Å². The lowest BCUT2D eigenvalue weighted by atomic mass is 9.88. The number of carbonyl (C=O) groups excluding carboxylic acids is 2. The number of ether oxygens (including phenoxy) is 1. The number of amides is 2. The highest BCUT2D eigenvalue weighted by molar-refractivity contribution is 5.81. The zero-order valence-electron chi connectivity index (χ0n) is 17.5. The first-order valence-corrected chi connectivity index (χ1v) is 10.4. The summed E-state index contributed by atoms with van der Waals surface area (Å²) in [6.07, 6.45) is 1.77. The van der Waals surface area contributed by atoms with Gasteiger partial charge in [0.2, 0.25) is 5.91 Å². The lowest BCUT2D eigenvalue weighted by molar-refractivity contribution is -0.131. The molecule has 0 saturated heterocycles. The van der Waals surface area contributed by atoms with Gasteiger partial charge in [-0.2, -0.15) is 0 Å². The predicted molar refractivity (Wildman–Crippen MR) is 114 cm³/mol. The first kappa shape index (κ1) is 20.9. The van der Waals surface area contributed by atoms with E-state index in [9.17, 15) is 9.59 Å². The summed E-state index contributed by atoms with van der Waals surface area (Å²) in [6, 6.07) is 15.9. The fraction of sp³-hybridized carbons (Fsp3) is 0.417. The van der Waals surface area contributed by atoms with Crippen LogP contribution in [0.15, 0.2) is 48.5 Å². The summed E-state index contributed by atoms with van der Waals surface area (Å²) in [4.78, 5) is 26.6. The highest BCUT2D eigenvalue weighted by Crippen LogP contribution is 2.37. The molecule has 1 heterocycles. The van der Waals surface area contributed by atoms with Crippen molar-refractivity contribution in [3.8, 4) is 5.75 Å². The molecule has 0 radical (unpaired) electrons. The van der Waals surface area contributed by atoms with Gasteiger partial charge in [0.1, 0.15) is 5.75 Å². The van der Waals surface area contributed by atoms with Gasteiger partial charge in [0.15, 0.2) is 6.10 Å². The van der Waals surface area contributed by atoms with Gasteiger partial charge in [0.25, 0.3) is 5.91 Å². The Morgan fingerprint density at radius 3 is 2.59 bits per heavy atom. The maximum absolute atomic E-state index is 12.4. The second-order valence-electron chi connectivity index (χ2n) is 7.44. The Hall–Kier alpha value is -2.82. The topological polar surface area (TPSA) is 58.6 Å². The number of benzene rings is 2. The second-order valence-corrected chi connectivity index (χ2v) is 7.44. The highest BCUT2D eigenvalue weighted by atomic mass is 16.5. The molecule has 0 saturated carbocycles. The molecule has 1 N–H and O–H groups in total. The van der Waals surface area contributed by atoms with Crippen molar-refractivity contribution in [1.82, 2.24) is 10.2 Å². The third kappa shape index (κ3) is 4.78. The number of carbonyl (C=O) groups is 2. The van der Waals surface area contributed by atoms with E-state index in [0.717, 1.165) is 24.0 Å². The maximum Gasteiger partial charge on any atom is 0.261 e. The van der Waals surface area contributed by atoms with Crippen molar-refractivity contribution >= 4 is 11.8 Å². The molecular formula is C24H30N2O3. The summed E-state index contributed by atoms with van der Waals surface area (Å²) < 4.78 is 6.05. The summed E-state index contributed by atoms with van der Waals surface area (Å²) in [5.74, 6) is 0.631. The molecule has 2 unspecified atom stereocenters. The van der Waals surface area contributed by atoms with Crippen LogP contribution in [0.1, 0.15) is 56.3 Å². The van der Waals surface area contributed by atoms with Crippen LogP contribution in [0.25, 0.3) is 0 Å². The molecule has 3 rings (SSSR count). The van der Waals surface area contributed by atoms with Gasteiger partial charge in [-0.15, -0.1) is 0 Å². The van der Waals surface area contributed by atoms with Crippen LogP contribution in [0.3, 0.4) is 0 Å². The molecule has 0 bridgehead atoms. The average molecular weight is 395 g/mol. The van der Waals surface area contributed by atoms with Crippen molar-refractivity contribution in [1.29, 1.82) is 0 Å². The average Bonchev–Trinajstić information content (AvgIpc) is 2.75. The maximum atomic E-state index is 12.4. The van der Waals surface area contributed by atoms with E-state index in [4.69, 9.17) is 4.74 Å². The Morgan fingerprint density at radius 1 is 1.17 bits per heavy atom. The van der Waals surface area contributed by atoms with E-state index in [1.807, 2.05) is 49.1 Å². The van der Waals surface area contributed by atoms with Crippen molar-refractivity contribution < 1.29 is 14.3 Å². The largest absolute Gasteiger partial charge is 0.481 e. The number of nitrogens with one attached hydrogen (secondary N) is 1. The van der Waals surface area contributed by atoms with Crippen LogP contribution >= 0.6 is 0 Å². The molecule has 5 heteroatoms. The molecule has 1 aliphatic heterocycles. The van der Waals surface area contributed by atoms with Crippen molar-refractivity contribution in [3.63, 3.8) is 0 Å². The third-order valence-electron chi connectivity index (χ3n) is 5.36. The fourth-order valence-electron chi connectivity index (χ4n) is 3.85. The van der Waals surface area contributed by atoms with Crippen LogP contribution < -0.4 is 10.1 Å². The summed E-state index contributed by atoms with van der Waals surface area (Å²) in [7, 11) is 0. The Bertz CT molecular complexity index is 850. The van der Waals surface area contributed by atoms with E-state index in [1.165, 1.54) is 5.56 Å². The zero-order chi connectivity index (χ0) is 20.8. The monoisotopic (exact) mass is 394 g/mol. The molecule has 5 nitrogen and oxygen atoms in total. The SMILES string of the molecule is CCCNC(=O)C(CC)Oc1ccc2c(c1)C(c1ccccc1)N(C(C)=O)CC2. The molecule has 2 aromatic rings. The molecule has 1 aliphatic rings. The Morgan fingerprint density at radius 2 is 1.93 bits per heavy atom. The number of hydrogen-bond acceptors (Lipinski definition) is 3. The predicted octanol–water partition coefficient (Wildman–Crippen LogP) is 3.86. The van der Waals surface area contributed by atoms with Crippen LogP contribution in [-0.4, -0.2) is 35.9 Å². The molecule has 0 spiro atoms. The number of nitrogens with zero attached hydrogens (tertiary/aromatic N) is 1. The number of rotatable bonds is 7. The molecule has 2 amide bonds. The zero-order valence-corrected chi connectivity index (χ0v) is 17.5. The van der Waals surface area contributed by atoms with Gasteiger partial charge in [-0.05, 0) is 48.1 Å². The number of hydrogen-bond donors (Lipinski definition) is 1. The Kier molecular flexibility index (Phi) is 6.91. The minimum Gasteiger partial charge on any atom is -0.481 e. The molecule has 0 fully saturated rings. The number of fused-ring (bicyclic) bond motifs is 1. The van der Waals surface area contributed by atoms with Gasteiger partial charge in [0, 0.05) is 20.0 Å². The molecule has 29 heavy (non-hydrogen) atoms. The van der Waals surface area contributed by atoms with Crippen LogP contribution in [0.4, 0.5) is 0 Å². The Labute approximate surface area is 173 Å². The first-order chi connectivity index (χ1) is 14.0. The summed E-state index contributed by atoms with van der Waals surface area (Å²) in [5, 5.41) is 2.91. The lowest BCUT2D eigenvalue weighted by Crippen LogP contribution is -2.40. The summed E-state index contributed by atoms with van der Waals surface area (Å²) in [6.45, 7) is 6.92. The molecule has 0 aromatic heterocycles. The van der Waals surface area contributed by atoms with Gasteiger partial charge in [-0.25, -0.2) is 0 Å². The van der Waals surface area contributed by atoms with Crippen molar-refractivity contribution in [2.24, 2.45) is 0 Å². The van der Waals surface area contributed by atoms with E-state index >= 15 is 0 Å². The first-order valence-electron chi connectivity index (χ1n) is 10.4. The molecule has 0 aliphatic carbocycles. The van der Waals surface area contributed by atoms with Gasteiger partial charge in [-0.1, -0.05) is 50.2 Å². The van der Waals surface area contributed by atoms with E-state index in [0.29, 0.717) is 25.3 Å². The highest BCUT2D eigenvalue weighted by Gasteiger charge is 2.31. The molecule has 2 aromatic carbocycles. The van der Waals surface area contributed by atoms with Crippen molar-refractivity contribution in [2.45, 2.75) is 52.2 Å². The summed E-state index contributed by atoms with van der Waals surface area (Å²) in [5.41, 5.74) is 3.36. The summed E-state index contributed by atoms with van der Waals surface area (Å²) >= 11 is 0. The molecule has 2 atom stereocenters. The minimum atomic E-state index is -0.526. The normalized spacial score (nSPS) is 16.7. The van der Waals surface area contributed by atoms with Gasteiger partial charge in [0.05, 0.1) is 6.04 Å². The van der Waals surface area contributed by atoms with E-state index in [2.05, 4.69) is 23.5 Å². The van der Waals surface area contributed by atoms with Crippen LogP contribution in [-0.2, 0) is 16.0 Å².